The van der Waals surface area contributed by atoms with Crippen LogP contribution in [-0.2, 0) is 6.54 Å². The molecule has 0 aliphatic heterocycles. The van der Waals surface area contributed by atoms with Crippen molar-refractivity contribution in [3.8, 4) is 5.75 Å². The van der Waals surface area contributed by atoms with Crippen molar-refractivity contribution in [2.24, 2.45) is 0 Å². The van der Waals surface area contributed by atoms with Crippen molar-refractivity contribution in [3.05, 3.63) is 63.7 Å². The van der Waals surface area contributed by atoms with E-state index in [2.05, 4.69) is 29.6 Å². The third kappa shape index (κ3) is 3.95. The molecule has 0 fully saturated rings. The Balaban J connectivity index is 2.11. The number of benzene rings is 2. The number of hydrogen-bond donors (Lipinski definition) is 1. The molecule has 0 aliphatic carbocycles. The van der Waals surface area contributed by atoms with Crippen LogP contribution >= 0.6 is 0 Å². The molecule has 1 N–H and O–H groups in total. The van der Waals surface area contributed by atoms with Crippen LogP contribution in [0.15, 0.2) is 42.5 Å². The summed E-state index contributed by atoms with van der Waals surface area (Å²) in [6.45, 7) is 4.89. The Bertz CT molecular complexity index is 624. The molecule has 0 unspecified atom stereocenters. The van der Waals surface area contributed by atoms with Gasteiger partial charge in [-0.1, -0.05) is 29.8 Å². The van der Waals surface area contributed by atoms with Gasteiger partial charge in [0.15, 0.2) is 5.75 Å². The summed E-state index contributed by atoms with van der Waals surface area (Å²) in [7, 11) is 0. The highest BCUT2D eigenvalue weighted by molar-refractivity contribution is 5.58. The molecular formula is C16H18N2O3. The van der Waals surface area contributed by atoms with Crippen molar-refractivity contribution in [2.75, 3.05) is 11.9 Å². The lowest BCUT2D eigenvalue weighted by molar-refractivity contribution is -0.385. The summed E-state index contributed by atoms with van der Waals surface area (Å²) in [5, 5.41) is 14.2. The first-order valence-electron chi connectivity index (χ1n) is 6.81. The van der Waals surface area contributed by atoms with Crippen LogP contribution in [0.2, 0.25) is 0 Å². The topological polar surface area (TPSA) is 64.4 Å². The lowest BCUT2D eigenvalue weighted by atomic mass is 10.1. The van der Waals surface area contributed by atoms with Gasteiger partial charge in [0.05, 0.1) is 11.5 Å². The highest BCUT2D eigenvalue weighted by Gasteiger charge is 2.15. The predicted molar refractivity (Wildman–Crippen MR) is 82.8 cm³/mol. The first kappa shape index (κ1) is 14.8. The van der Waals surface area contributed by atoms with E-state index in [1.54, 1.807) is 19.1 Å². The van der Waals surface area contributed by atoms with Crippen LogP contribution in [0.25, 0.3) is 0 Å². The number of ether oxygens (including phenoxy) is 1. The zero-order valence-corrected chi connectivity index (χ0v) is 12.1. The van der Waals surface area contributed by atoms with Gasteiger partial charge >= 0.3 is 5.69 Å². The highest BCUT2D eigenvalue weighted by atomic mass is 16.6. The van der Waals surface area contributed by atoms with E-state index in [9.17, 15) is 10.1 Å². The van der Waals surface area contributed by atoms with Crippen LogP contribution in [-0.4, -0.2) is 11.5 Å². The van der Waals surface area contributed by atoms with Gasteiger partial charge in [0.1, 0.15) is 0 Å². The maximum Gasteiger partial charge on any atom is 0.311 e. The Labute approximate surface area is 123 Å². The Hall–Kier alpha value is -2.56. The molecule has 5 nitrogen and oxygen atoms in total. The van der Waals surface area contributed by atoms with E-state index < -0.39 is 4.92 Å². The van der Waals surface area contributed by atoms with Gasteiger partial charge in [0.25, 0.3) is 0 Å². The third-order valence-electron chi connectivity index (χ3n) is 3.07. The van der Waals surface area contributed by atoms with E-state index in [4.69, 9.17) is 4.74 Å². The van der Waals surface area contributed by atoms with Crippen LogP contribution in [0.4, 0.5) is 11.4 Å². The number of nitrogens with one attached hydrogen (secondary N) is 1. The van der Waals surface area contributed by atoms with E-state index in [-0.39, 0.29) is 11.4 Å². The molecule has 0 saturated heterocycles. The number of hydrogen-bond acceptors (Lipinski definition) is 4. The second-order valence-electron chi connectivity index (χ2n) is 4.71. The fourth-order valence-electron chi connectivity index (χ4n) is 1.96. The monoisotopic (exact) mass is 286 g/mol. The maximum atomic E-state index is 10.9. The number of nitro benzene ring substituents is 1. The van der Waals surface area contributed by atoms with Gasteiger partial charge in [-0.3, -0.25) is 10.1 Å². The van der Waals surface area contributed by atoms with Crippen molar-refractivity contribution >= 4 is 11.4 Å². The fourth-order valence-corrected chi connectivity index (χ4v) is 1.96. The summed E-state index contributed by atoms with van der Waals surface area (Å²) in [6.07, 6.45) is 0. The van der Waals surface area contributed by atoms with E-state index in [1.165, 1.54) is 11.6 Å². The molecule has 2 rings (SSSR count). The number of anilines is 1. The zero-order valence-electron chi connectivity index (χ0n) is 12.1. The zero-order chi connectivity index (χ0) is 15.2. The van der Waals surface area contributed by atoms with E-state index in [0.717, 1.165) is 11.3 Å². The molecule has 0 bridgehead atoms. The molecule has 0 spiro atoms. The molecule has 110 valence electrons. The minimum atomic E-state index is -0.436. The van der Waals surface area contributed by atoms with Crippen molar-refractivity contribution < 1.29 is 9.66 Å². The van der Waals surface area contributed by atoms with Crippen LogP contribution in [0.3, 0.4) is 0 Å². The second-order valence-corrected chi connectivity index (χ2v) is 4.71. The van der Waals surface area contributed by atoms with Gasteiger partial charge < -0.3 is 10.1 Å². The first-order chi connectivity index (χ1) is 10.1. The number of rotatable bonds is 6. The summed E-state index contributed by atoms with van der Waals surface area (Å²) in [5.41, 5.74) is 3.15. The van der Waals surface area contributed by atoms with Crippen molar-refractivity contribution in [3.63, 3.8) is 0 Å². The number of nitrogens with zero attached hydrogens (tertiary/aromatic N) is 1. The molecule has 0 aliphatic rings. The lowest BCUT2D eigenvalue weighted by Crippen LogP contribution is -2.02. The molecule has 2 aromatic rings. The molecule has 0 heterocycles. The molecule has 0 radical (unpaired) electrons. The van der Waals surface area contributed by atoms with Gasteiger partial charge in [-0.15, -0.1) is 0 Å². The summed E-state index contributed by atoms with van der Waals surface area (Å²) in [5.74, 6) is 0.288. The standard InChI is InChI=1S/C16H18N2O3/c1-3-21-16-10-14(8-9-15(16)18(19)20)17-11-13-6-4-12(2)5-7-13/h4-10,17H,3,11H2,1-2H3. The van der Waals surface area contributed by atoms with Crippen molar-refractivity contribution in [1.82, 2.24) is 0 Å². The molecule has 0 amide bonds. The minimum Gasteiger partial charge on any atom is -0.487 e. The Kier molecular flexibility index (Phi) is 4.77. The maximum absolute atomic E-state index is 10.9. The molecule has 2 aromatic carbocycles. The van der Waals surface area contributed by atoms with Gasteiger partial charge in [0, 0.05) is 24.4 Å². The molecular weight excluding hydrogens is 268 g/mol. The minimum absolute atomic E-state index is 0.0160. The van der Waals surface area contributed by atoms with Crippen molar-refractivity contribution in [2.45, 2.75) is 20.4 Å². The summed E-state index contributed by atoms with van der Waals surface area (Å²) >= 11 is 0. The molecule has 0 saturated carbocycles. The number of aryl methyl sites for hydroxylation is 1. The lowest BCUT2D eigenvalue weighted by Gasteiger charge is -2.09. The molecule has 21 heavy (non-hydrogen) atoms. The SMILES string of the molecule is CCOc1cc(NCc2ccc(C)cc2)ccc1[N+](=O)[O-]. The number of nitro groups is 1. The summed E-state index contributed by atoms with van der Waals surface area (Å²) in [4.78, 5) is 10.5. The van der Waals surface area contributed by atoms with Gasteiger partial charge in [-0.25, -0.2) is 0 Å². The van der Waals surface area contributed by atoms with E-state index >= 15 is 0 Å². The molecule has 0 atom stereocenters. The van der Waals surface area contributed by atoms with E-state index in [0.29, 0.717) is 13.2 Å². The first-order valence-corrected chi connectivity index (χ1v) is 6.81. The van der Waals surface area contributed by atoms with Crippen LogP contribution in [0.1, 0.15) is 18.1 Å². The molecule has 0 aromatic heterocycles. The average Bonchev–Trinajstić information content (AvgIpc) is 2.47. The van der Waals surface area contributed by atoms with Gasteiger partial charge in [-0.05, 0) is 25.5 Å². The van der Waals surface area contributed by atoms with Gasteiger partial charge in [0.2, 0.25) is 0 Å². The largest absolute Gasteiger partial charge is 0.487 e. The predicted octanol–water partition coefficient (Wildman–Crippen LogP) is 3.91. The summed E-state index contributed by atoms with van der Waals surface area (Å²) in [6, 6.07) is 13.0. The Morgan fingerprint density at radius 2 is 1.90 bits per heavy atom. The van der Waals surface area contributed by atoms with Crippen molar-refractivity contribution in [1.29, 1.82) is 0 Å². The van der Waals surface area contributed by atoms with Crippen LogP contribution in [0.5, 0.6) is 5.75 Å². The van der Waals surface area contributed by atoms with Crippen LogP contribution < -0.4 is 10.1 Å². The molecule has 5 heteroatoms. The summed E-state index contributed by atoms with van der Waals surface area (Å²) < 4.78 is 5.33. The normalized spacial score (nSPS) is 10.2. The average molecular weight is 286 g/mol. The Morgan fingerprint density at radius 1 is 1.19 bits per heavy atom. The Morgan fingerprint density at radius 3 is 2.52 bits per heavy atom. The quantitative estimate of drug-likeness (QED) is 0.646. The smallest absolute Gasteiger partial charge is 0.311 e. The third-order valence-corrected chi connectivity index (χ3v) is 3.07. The highest BCUT2D eigenvalue weighted by Crippen LogP contribution is 2.30. The second kappa shape index (κ2) is 6.74. The van der Waals surface area contributed by atoms with E-state index in [1.807, 2.05) is 6.92 Å². The van der Waals surface area contributed by atoms with Gasteiger partial charge in [-0.2, -0.15) is 0 Å². The van der Waals surface area contributed by atoms with Crippen LogP contribution in [0, 0.1) is 17.0 Å². The fraction of sp³-hybridized carbons (Fsp3) is 0.250.